The SMILES string of the molecule is Cc1cccc(NC(=O)c2nc(-c3cccs3)n(-c3ccccc3)n2)n1. The molecule has 3 aromatic heterocycles. The van der Waals surface area contributed by atoms with Crippen molar-refractivity contribution in [1.82, 2.24) is 19.7 Å². The van der Waals surface area contributed by atoms with Gasteiger partial charge in [-0.2, -0.15) is 0 Å². The lowest BCUT2D eigenvalue weighted by atomic mass is 10.3. The zero-order valence-corrected chi connectivity index (χ0v) is 14.8. The second-order valence-corrected chi connectivity index (χ2v) is 6.55. The van der Waals surface area contributed by atoms with Crippen LogP contribution in [0.15, 0.2) is 66.0 Å². The van der Waals surface area contributed by atoms with Crippen LogP contribution < -0.4 is 5.32 Å². The Labute approximate surface area is 154 Å². The molecule has 0 aliphatic carbocycles. The summed E-state index contributed by atoms with van der Waals surface area (Å²) in [6.07, 6.45) is 0. The van der Waals surface area contributed by atoms with Gasteiger partial charge >= 0.3 is 0 Å². The standard InChI is InChI=1S/C19H15N5OS/c1-13-7-5-11-16(20-13)21-19(25)17-22-18(15-10-6-12-26-15)24(23-17)14-8-3-2-4-9-14/h2-12H,1H3,(H,20,21,25). The average molecular weight is 361 g/mol. The molecule has 0 saturated heterocycles. The molecular weight excluding hydrogens is 346 g/mol. The highest BCUT2D eigenvalue weighted by molar-refractivity contribution is 7.13. The second kappa shape index (κ2) is 6.89. The van der Waals surface area contributed by atoms with Crippen LogP contribution in [0.1, 0.15) is 16.3 Å². The van der Waals surface area contributed by atoms with E-state index in [0.717, 1.165) is 16.3 Å². The Kier molecular flexibility index (Phi) is 4.28. The summed E-state index contributed by atoms with van der Waals surface area (Å²) in [6, 6.07) is 19.0. The fraction of sp³-hybridized carbons (Fsp3) is 0.0526. The van der Waals surface area contributed by atoms with Crippen molar-refractivity contribution in [2.75, 3.05) is 5.32 Å². The molecule has 26 heavy (non-hydrogen) atoms. The predicted octanol–water partition coefficient (Wildman–Crippen LogP) is 3.95. The molecule has 1 aromatic carbocycles. The lowest BCUT2D eigenvalue weighted by Crippen LogP contribution is -2.15. The minimum atomic E-state index is -0.393. The summed E-state index contributed by atoms with van der Waals surface area (Å²) in [7, 11) is 0. The van der Waals surface area contributed by atoms with E-state index in [-0.39, 0.29) is 5.82 Å². The number of anilines is 1. The van der Waals surface area contributed by atoms with Gasteiger partial charge in [-0.3, -0.25) is 4.79 Å². The number of nitrogens with one attached hydrogen (secondary N) is 1. The van der Waals surface area contributed by atoms with Crippen LogP contribution in [0.4, 0.5) is 5.82 Å². The molecule has 0 aliphatic heterocycles. The molecule has 3 heterocycles. The van der Waals surface area contributed by atoms with E-state index in [1.807, 2.05) is 66.9 Å². The lowest BCUT2D eigenvalue weighted by Gasteiger charge is -2.03. The molecule has 6 nitrogen and oxygen atoms in total. The third kappa shape index (κ3) is 3.25. The number of para-hydroxylation sites is 1. The number of rotatable bonds is 4. The fourth-order valence-electron chi connectivity index (χ4n) is 2.51. The summed E-state index contributed by atoms with van der Waals surface area (Å²) < 4.78 is 1.68. The fourth-order valence-corrected chi connectivity index (χ4v) is 3.21. The highest BCUT2D eigenvalue weighted by Gasteiger charge is 2.19. The van der Waals surface area contributed by atoms with E-state index in [1.54, 1.807) is 22.1 Å². The number of hydrogen-bond donors (Lipinski definition) is 1. The Morgan fingerprint density at radius 2 is 1.85 bits per heavy atom. The summed E-state index contributed by atoms with van der Waals surface area (Å²) in [5.41, 5.74) is 1.67. The zero-order valence-electron chi connectivity index (χ0n) is 14.0. The molecule has 0 unspecified atom stereocenters. The molecule has 4 rings (SSSR count). The first-order valence-electron chi connectivity index (χ1n) is 8.02. The van der Waals surface area contributed by atoms with Crippen LogP contribution in [0.2, 0.25) is 0 Å². The molecule has 0 spiro atoms. The van der Waals surface area contributed by atoms with E-state index < -0.39 is 5.91 Å². The molecule has 0 aliphatic rings. The van der Waals surface area contributed by atoms with Crippen LogP contribution in [0, 0.1) is 6.92 Å². The van der Waals surface area contributed by atoms with Gasteiger partial charge in [0, 0.05) is 5.69 Å². The number of carbonyl (C=O) groups excluding carboxylic acids is 1. The third-order valence-corrected chi connectivity index (χ3v) is 4.55. The molecule has 4 aromatic rings. The highest BCUT2D eigenvalue weighted by atomic mass is 32.1. The van der Waals surface area contributed by atoms with E-state index >= 15 is 0 Å². The third-order valence-electron chi connectivity index (χ3n) is 3.68. The van der Waals surface area contributed by atoms with Crippen molar-refractivity contribution in [3.8, 4) is 16.4 Å². The topological polar surface area (TPSA) is 72.7 Å². The van der Waals surface area contributed by atoms with E-state index in [0.29, 0.717) is 11.6 Å². The number of aromatic nitrogens is 4. The number of pyridine rings is 1. The number of nitrogens with zero attached hydrogens (tertiary/aromatic N) is 4. The average Bonchev–Trinajstić information content (AvgIpc) is 3.32. The van der Waals surface area contributed by atoms with Gasteiger partial charge in [-0.15, -0.1) is 16.4 Å². The molecule has 1 amide bonds. The van der Waals surface area contributed by atoms with Gasteiger partial charge < -0.3 is 5.32 Å². The van der Waals surface area contributed by atoms with Crippen molar-refractivity contribution < 1.29 is 4.79 Å². The van der Waals surface area contributed by atoms with Gasteiger partial charge in [0.1, 0.15) is 5.82 Å². The van der Waals surface area contributed by atoms with Gasteiger partial charge in [-0.25, -0.2) is 14.6 Å². The molecule has 0 atom stereocenters. The first-order chi connectivity index (χ1) is 12.7. The minimum Gasteiger partial charge on any atom is -0.304 e. The largest absolute Gasteiger partial charge is 0.304 e. The number of thiophene rings is 1. The number of aryl methyl sites for hydroxylation is 1. The van der Waals surface area contributed by atoms with Crippen molar-refractivity contribution in [1.29, 1.82) is 0 Å². The zero-order chi connectivity index (χ0) is 17.9. The number of benzene rings is 1. The van der Waals surface area contributed by atoms with E-state index in [4.69, 9.17) is 0 Å². The summed E-state index contributed by atoms with van der Waals surface area (Å²) >= 11 is 1.55. The van der Waals surface area contributed by atoms with Crippen molar-refractivity contribution in [2.45, 2.75) is 6.92 Å². The maximum atomic E-state index is 12.6. The van der Waals surface area contributed by atoms with Gasteiger partial charge in [0.05, 0.1) is 10.6 Å². The smallest absolute Gasteiger partial charge is 0.296 e. The normalized spacial score (nSPS) is 10.7. The van der Waals surface area contributed by atoms with Gasteiger partial charge in [0.15, 0.2) is 5.82 Å². The van der Waals surface area contributed by atoms with Gasteiger partial charge in [0.25, 0.3) is 5.91 Å². The minimum absolute atomic E-state index is 0.0977. The first-order valence-corrected chi connectivity index (χ1v) is 8.90. The van der Waals surface area contributed by atoms with Gasteiger partial charge in [-0.1, -0.05) is 30.3 Å². The Balaban J connectivity index is 1.72. The molecule has 128 valence electrons. The lowest BCUT2D eigenvalue weighted by molar-refractivity contribution is 0.101. The Hall–Kier alpha value is -3.32. The Morgan fingerprint density at radius 1 is 1.00 bits per heavy atom. The summed E-state index contributed by atoms with van der Waals surface area (Å²) in [5.74, 6) is 0.813. The molecular formula is C19H15N5OS. The highest BCUT2D eigenvalue weighted by Crippen LogP contribution is 2.25. The van der Waals surface area contributed by atoms with Gasteiger partial charge in [0.2, 0.25) is 5.82 Å². The van der Waals surface area contributed by atoms with E-state index in [2.05, 4.69) is 20.4 Å². The molecule has 1 N–H and O–H groups in total. The summed E-state index contributed by atoms with van der Waals surface area (Å²) in [6.45, 7) is 1.87. The summed E-state index contributed by atoms with van der Waals surface area (Å²) in [4.78, 5) is 22.3. The predicted molar refractivity (Wildman–Crippen MR) is 102 cm³/mol. The molecule has 0 radical (unpaired) electrons. The first kappa shape index (κ1) is 16.2. The number of amides is 1. The van der Waals surface area contributed by atoms with Crippen molar-refractivity contribution in [3.05, 3.63) is 77.6 Å². The van der Waals surface area contributed by atoms with Crippen LogP contribution in [0.25, 0.3) is 16.4 Å². The monoisotopic (exact) mass is 361 g/mol. The molecule has 0 fully saturated rings. The molecule has 0 bridgehead atoms. The second-order valence-electron chi connectivity index (χ2n) is 5.60. The quantitative estimate of drug-likeness (QED) is 0.597. The van der Waals surface area contributed by atoms with Crippen molar-refractivity contribution in [3.63, 3.8) is 0 Å². The summed E-state index contributed by atoms with van der Waals surface area (Å²) in [5, 5.41) is 9.15. The van der Waals surface area contributed by atoms with Crippen LogP contribution in [-0.2, 0) is 0 Å². The van der Waals surface area contributed by atoms with E-state index in [1.165, 1.54) is 0 Å². The van der Waals surface area contributed by atoms with Crippen LogP contribution in [0.5, 0.6) is 0 Å². The Bertz CT molecular complexity index is 1040. The maximum Gasteiger partial charge on any atom is 0.296 e. The van der Waals surface area contributed by atoms with Crippen molar-refractivity contribution in [2.24, 2.45) is 0 Å². The molecule has 7 heteroatoms. The van der Waals surface area contributed by atoms with Crippen molar-refractivity contribution >= 4 is 23.1 Å². The van der Waals surface area contributed by atoms with Crippen LogP contribution in [-0.4, -0.2) is 25.7 Å². The number of carbonyl (C=O) groups is 1. The van der Waals surface area contributed by atoms with Crippen LogP contribution >= 0.6 is 11.3 Å². The number of hydrogen-bond acceptors (Lipinski definition) is 5. The molecule has 0 saturated carbocycles. The van der Waals surface area contributed by atoms with Gasteiger partial charge in [-0.05, 0) is 42.6 Å². The van der Waals surface area contributed by atoms with E-state index in [9.17, 15) is 4.79 Å². The maximum absolute atomic E-state index is 12.6. The van der Waals surface area contributed by atoms with Crippen LogP contribution in [0.3, 0.4) is 0 Å². The Morgan fingerprint density at radius 3 is 2.58 bits per heavy atom.